The first-order valence-corrected chi connectivity index (χ1v) is 16.5. The number of methoxy groups -OCH3 is 1. The fourth-order valence-corrected chi connectivity index (χ4v) is 6.12. The van der Waals surface area contributed by atoms with Crippen molar-refractivity contribution in [2.24, 2.45) is 0 Å². The van der Waals surface area contributed by atoms with Crippen molar-refractivity contribution in [3.63, 3.8) is 0 Å². The maximum Gasteiger partial charge on any atom is 0.341 e. The second-order valence-corrected chi connectivity index (χ2v) is 12.1. The van der Waals surface area contributed by atoms with Crippen molar-refractivity contribution in [1.82, 2.24) is 29.2 Å². The van der Waals surface area contributed by atoms with Gasteiger partial charge in [0.2, 0.25) is 5.91 Å². The smallest absolute Gasteiger partial charge is 0.341 e. The zero-order valence-electron chi connectivity index (χ0n) is 27.6. The van der Waals surface area contributed by atoms with E-state index >= 15 is 0 Å². The number of aliphatic carboxylic acids is 1. The highest BCUT2D eigenvalue weighted by Crippen LogP contribution is 2.29. The first kappa shape index (κ1) is 34.1. The lowest BCUT2D eigenvalue weighted by Crippen LogP contribution is -2.50. The molecule has 12 nitrogen and oxygen atoms in total. The number of nitrogen functional groups attached to an aromatic ring is 1. The van der Waals surface area contributed by atoms with Crippen molar-refractivity contribution in [2.75, 3.05) is 71.9 Å². The molecule has 0 aliphatic carbocycles. The number of fused-ring (bicyclic) bond motifs is 3. The molecule has 0 unspecified atom stereocenters. The molecule has 1 saturated heterocycles. The molecule has 0 spiro atoms. The molecule has 1 aliphatic heterocycles. The first-order chi connectivity index (χ1) is 22.9. The number of pyridine rings is 1. The molecule has 2 aromatic heterocycles. The summed E-state index contributed by atoms with van der Waals surface area (Å²) < 4.78 is 12.8. The van der Waals surface area contributed by atoms with Gasteiger partial charge in [-0.3, -0.25) is 14.6 Å². The van der Waals surface area contributed by atoms with Gasteiger partial charge in [0, 0.05) is 71.3 Å². The van der Waals surface area contributed by atoms with Crippen LogP contribution in [0, 0.1) is 0 Å². The highest BCUT2D eigenvalue weighted by Gasteiger charge is 2.23. The molecule has 1 fully saturated rings. The van der Waals surface area contributed by atoms with Gasteiger partial charge in [-0.25, -0.2) is 14.8 Å². The van der Waals surface area contributed by atoms with Crippen molar-refractivity contribution in [2.45, 2.75) is 45.7 Å². The number of anilines is 1. The zero-order chi connectivity index (χ0) is 33.2. The number of nitrogens with two attached hydrogens (primary N) is 1. The second kappa shape index (κ2) is 16.5. The molecule has 1 amide bonds. The van der Waals surface area contributed by atoms with Gasteiger partial charge in [0.25, 0.3) is 0 Å². The Kier molecular flexibility index (Phi) is 12.0. The van der Waals surface area contributed by atoms with Gasteiger partial charge in [0.05, 0.1) is 24.2 Å². The standard InChI is InChI=1S/C35H47N7O5/c1-3-4-10-30-38-33-34(28-8-5-6-9-29(28)37-35(33)36)42(30)16-7-15-41(23-26-11-13-27(14-12-26)47-25-32(44)45)31(43)24-40-19-17-39(18-20-40)21-22-46-2/h5-6,8-9,11-14H,3-4,7,10,15-25H2,1-2H3,(H2,36,37)(H,44,45). The van der Waals surface area contributed by atoms with Crippen LogP contribution in [-0.2, 0) is 33.8 Å². The van der Waals surface area contributed by atoms with Gasteiger partial charge in [0.1, 0.15) is 17.1 Å². The SMILES string of the molecule is CCCCc1nc2c(N)nc3ccccc3c2n1CCCN(Cc1ccc(OCC(=O)O)cc1)C(=O)CN1CCN(CCOC)CC1. The summed E-state index contributed by atoms with van der Waals surface area (Å²) in [5.74, 6) is 0.967. The van der Waals surface area contributed by atoms with E-state index in [1.54, 1.807) is 19.2 Å². The van der Waals surface area contributed by atoms with Crippen LogP contribution in [-0.4, -0.2) is 112 Å². The van der Waals surface area contributed by atoms with Crippen LogP contribution < -0.4 is 10.5 Å². The van der Waals surface area contributed by atoms with Gasteiger partial charge >= 0.3 is 5.97 Å². The highest BCUT2D eigenvalue weighted by molar-refractivity contribution is 6.06. The van der Waals surface area contributed by atoms with E-state index < -0.39 is 12.6 Å². The van der Waals surface area contributed by atoms with E-state index in [1.165, 1.54) is 0 Å². The maximum absolute atomic E-state index is 13.9. The molecule has 0 atom stereocenters. The van der Waals surface area contributed by atoms with Gasteiger partial charge in [-0.1, -0.05) is 43.7 Å². The number of amides is 1. The van der Waals surface area contributed by atoms with Crippen LogP contribution in [0.25, 0.3) is 21.9 Å². The number of carbonyl (C=O) groups is 2. The van der Waals surface area contributed by atoms with E-state index in [2.05, 4.69) is 32.3 Å². The summed E-state index contributed by atoms with van der Waals surface area (Å²) in [5, 5.41) is 9.96. The number of ether oxygens (including phenoxy) is 2. The molecule has 1 aliphatic rings. The van der Waals surface area contributed by atoms with Crippen molar-refractivity contribution in [3.05, 3.63) is 59.9 Å². The van der Waals surface area contributed by atoms with E-state index in [0.717, 1.165) is 91.7 Å². The molecule has 252 valence electrons. The first-order valence-electron chi connectivity index (χ1n) is 16.5. The Morgan fingerprint density at radius 1 is 0.979 bits per heavy atom. The van der Waals surface area contributed by atoms with E-state index in [1.807, 2.05) is 35.2 Å². The molecule has 0 radical (unpaired) electrons. The summed E-state index contributed by atoms with van der Waals surface area (Å²) in [6.07, 6.45) is 3.65. The van der Waals surface area contributed by atoms with Gasteiger partial charge in [-0.15, -0.1) is 0 Å². The van der Waals surface area contributed by atoms with Crippen LogP contribution in [0.2, 0.25) is 0 Å². The van der Waals surface area contributed by atoms with Crippen LogP contribution in [0.3, 0.4) is 0 Å². The Hall–Kier alpha value is -4.26. The Morgan fingerprint density at radius 2 is 1.72 bits per heavy atom. The number of aromatic nitrogens is 3. The number of carboxylic acid groups (broad SMARTS) is 1. The van der Waals surface area contributed by atoms with Crippen LogP contribution >= 0.6 is 0 Å². The third kappa shape index (κ3) is 8.97. The van der Waals surface area contributed by atoms with Gasteiger partial charge in [0.15, 0.2) is 12.4 Å². The quantitative estimate of drug-likeness (QED) is 0.175. The topological polar surface area (TPSA) is 139 Å². The zero-order valence-corrected chi connectivity index (χ0v) is 27.6. The Bertz CT molecular complexity index is 1630. The summed E-state index contributed by atoms with van der Waals surface area (Å²) in [7, 11) is 1.72. The molecule has 47 heavy (non-hydrogen) atoms. The lowest BCUT2D eigenvalue weighted by molar-refractivity contribution is -0.139. The van der Waals surface area contributed by atoms with E-state index in [0.29, 0.717) is 44.4 Å². The molecule has 4 aromatic rings. The average Bonchev–Trinajstić information content (AvgIpc) is 3.45. The monoisotopic (exact) mass is 645 g/mol. The summed E-state index contributed by atoms with van der Waals surface area (Å²) in [5.41, 5.74) is 9.94. The predicted octanol–water partition coefficient (Wildman–Crippen LogP) is 3.66. The number of carboxylic acids is 1. The number of unbranched alkanes of at least 4 members (excludes halogenated alkanes) is 1. The summed E-state index contributed by atoms with van der Waals surface area (Å²) in [6.45, 7) is 8.93. The molecule has 5 rings (SSSR count). The fourth-order valence-electron chi connectivity index (χ4n) is 6.12. The molecular weight excluding hydrogens is 598 g/mol. The van der Waals surface area contributed by atoms with Crippen molar-refractivity contribution in [3.8, 4) is 5.75 Å². The predicted molar refractivity (Wildman–Crippen MR) is 182 cm³/mol. The number of rotatable bonds is 17. The molecule has 2 aromatic carbocycles. The number of hydrogen-bond donors (Lipinski definition) is 2. The maximum atomic E-state index is 13.9. The van der Waals surface area contributed by atoms with Crippen molar-refractivity contribution < 1.29 is 24.2 Å². The van der Waals surface area contributed by atoms with Crippen LogP contribution in [0.1, 0.15) is 37.6 Å². The molecule has 0 bridgehead atoms. The fraction of sp³-hybridized carbons (Fsp3) is 0.486. The molecule has 3 heterocycles. The van der Waals surface area contributed by atoms with Gasteiger partial charge in [-0.2, -0.15) is 0 Å². The lowest BCUT2D eigenvalue weighted by Gasteiger charge is -2.35. The van der Waals surface area contributed by atoms with Crippen molar-refractivity contribution >= 4 is 39.6 Å². The highest BCUT2D eigenvalue weighted by atomic mass is 16.5. The number of aryl methyl sites for hydroxylation is 2. The largest absolute Gasteiger partial charge is 0.482 e. The van der Waals surface area contributed by atoms with E-state index in [4.69, 9.17) is 25.3 Å². The molecular formula is C35H47N7O5. The number of imidazole rings is 1. The third-order valence-corrected chi connectivity index (χ3v) is 8.70. The van der Waals surface area contributed by atoms with Crippen LogP contribution in [0.5, 0.6) is 5.75 Å². The van der Waals surface area contributed by atoms with E-state index in [-0.39, 0.29) is 5.91 Å². The summed E-state index contributed by atoms with van der Waals surface area (Å²) >= 11 is 0. The number of piperazine rings is 1. The lowest BCUT2D eigenvalue weighted by atomic mass is 10.1. The second-order valence-electron chi connectivity index (χ2n) is 12.1. The molecule has 12 heteroatoms. The molecule has 3 N–H and O–H groups in total. The number of nitrogens with zero attached hydrogens (tertiary/aromatic N) is 6. The third-order valence-electron chi connectivity index (χ3n) is 8.70. The van der Waals surface area contributed by atoms with E-state index in [9.17, 15) is 9.59 Å². The van der Waals surface area contributed by atoms with Gasteiger partial charge in [-0.05, 0) is 36.6 Å². The number of para-hydroxylation sites is 1. The minimum atomic E-state index is -1.03. The summed E-state index contributed by atoms with van der Waals surface area (Å²) in [6, 6.07) is 15.3. The minimum Gasteiger partial charge on any atom is -0.482 e. The minimum absolute atomic E-state index is 0.0853. The molecule has 0 saturated carbocycles. The summed E-state index contributed by atoms with van der Waals surface area (Å²) in [4.78, 5) is 40.9. The van der Waals surface area contributed by atoms with Crippen LogP contribution in [0.15, 0.2) is 48.5 Å². The van der Waals surface area contributed by atoms with Gasteiger partial charge < -0.3 is 29.8 Å². The van der Waals surface area contributed by atoms with Crippen molar-refractivity contribution in [1.29, 1.82) is 0 Å². The number of benzene rings is 2. The Morgan fingerprint density at radius 3 is 2.45 bits per heavy atom. The van der Waals surface area contributed by atoms with Crippen LogP contribution in [0.4, 0.5) is 5.82 Å². The Balaban J connectivity index is 1.33. The Labute approximate surface area is 276 Å². The number of carbonyl (C=O) groups excluding carboxylic acids is 1. The number of hydrogen-bond acceptors (Lipinski definition) is 9. The normalized spacial score (nSPS) is 14.2. The average molecular weight is 646 g/mol.